The van der Waals surface area contributed by atoms with Crippen LogP contribution in [0.25, 0.3) is 12.2 Å². The van der Waals surface area contributed by atoms with E-state index in [0.29, 0.717) is 0 Å². The molecule has 29 heavy (non-hydrogen) atoms. The number of nitrogens with zero attached hydrogens (tertiary/aromatic N) is 2. The summed E-state index contributed by atoms with van der Waals surface area (Å²) in [5, 5.41) is 0. The molecule has 0 aromatic heterocycles. The van der Waals surface area contributed by atoms with Gasteiger partial charge in [-0.05, 0) is 61.1 Å². The number of allylic oxidation sites excluding steroid dienone is 2. The summed E-state index contributed by atoms with van der Waals surface area (Å²) >= 11 is 0. The van der Waals surface area contributed by atoms with Gasteiger partial charge in [0, 0.05) is 26.6 Å². The molecule has 3 heteroatoms. The average Bonchev–Trinajstić information content (AvgIpc) is 2.74. The van der Waals surface area contributed by atoms with Crippen LogP contribution in [0.5, 0.6) is 0 Å². The van der Waals surface area contributed by atoms with Gasteiger partial charge in [-0.3, -0.25) is 9.98 Å². The zero-order valence-corrected chi connectivity index (χ0v) is 19.3. The molecule has 0 aliphatic carbocycles. The van der Waals surface area contributed by atoms with Gasteiger partial charge in [0.05, 0.1) is 17.1 Å². The predicted molar refractivity (Wildman–Crippen MR) is 126 cm³/mol. The molecule has 0 fully saturated rings. The fraction of sp³-hybridized carbons (Fsp3) is 0.308. The number of benzene rings is 2. The zero-order chi connectivity index (χ0) is 20.0. The smallest absolute Gasteiger partial charge is 0.0634 e. The van der Waals surface area contributed by atoms with E-state index in [2.05, 4.69) is 98.6 Å². The van der Waals surface area contributed by atoms with Gasteiger partial charge in [0.1, 0.15) is 0 Å². The van der Waals surface area contributed by atoms with Gasteiger partial charge in [0.15, 0.2) is 0 Å². The van der Waals surface area contributed by atoms with Gasteiger partial charge < -0.3 is 0 Å². The van der Waals surface area contributed by atoms with Gasteiger partial charge in [-0.1, -0.05) is 75.8 Å². The van der Waals surface area contributed by atoms with E-state index in [1.54, 1.807) is 0 Å². The minimum Gasteiger partial charge on any atom is -0.255 e. The van der Waals surface area contributed by atoms with Crippen molar-refractivity contribution in [2.24, 2.45) is 9.98 Å². The molecule has 0 unspecified atom stereocenters. The Morgan fingerprint density at radius 2 is 1.28 bits per heavy atom. The van der Waals surface area contributed by atoms with E-state index in [4.69, 9.17) is 4.99 Å². The Labute approximate surface area is 190 Å². The SMILES string of the molecule is CC/C=C/c1ccc(N=CC(CCCC)=Nc2ccc(/C=C/CC)cc2)cc1.[Pd]. The maximum absolute atomic E-state index is 4.82. The Bertz CT molecular complexity index is 813. The topological polar surface area (TPSA) is 24.7 Å². The van der Waals surface area contributed by atoms with Crippen molar-refractivity contribution in [3.63, 3.8) is 0 Å². The molecule has 0 amide bonds. The number of hydrogen-bond donors (Lipinski definition) is 0. The van der Waals surface area contributed by atoms with Crippen LogP contribution in [-0.2, 0) is 20.4 Å². The Kier molecular flexibility index (Phi) is 12.8. The van der Waals surface area contributed by atoms with Crippen LogP contribution in [0, 0.1) is 0 Å². The third-order valence-electron chi connectivity index (χ3n) is 4.30. The van der Waals surface area contributed by atoms with Crippen LogP contribution >= 0.6 is 0 Å². The Hall–Kier alpha value is -2.08. The summed E-state index contributed by atoms with van der Waals surface area (Å²) < 4.78 is 0. The second kappa shape index (κ2) is 14.9. The second-order valence-corrected chi connectivity index (χ2v) is 6.77. The maximum atomic E-state index is 4.82. The molecule has 156 valence electrons. The molecule has 0 atom stereocenters. The summed E-state index contributed by atoms with van der Waals surface area (Å²) in [6, 6.07) is 16.7. The molecule has 0 saturated heterocycles. The number of rotatable bonds is 10. The van der Waals surface area contributed by atoms with Crippen LogP contribution in [0.1, 0.15) is 64.0 Å². The van der Waals surface area contributed by atoms with Crippen LogP contribution in [0.15, 0.2) is 70.7 Å². The molecule has 2 nitrogen and oxygen atoms in total. The van der Waals surface area contributed by atoms with Crippen molar-refractivity contribution in [1.29, 1.82) is 0 Å². The predicted octanol–water partition coefficient (Wildman–Crippen LogP) is 8.20. The monoisotopic (exact) mass is 478 g/mol. The van der Waals surface area contributed by atoms with Crippen LogP contribution in [0.3, 0.4) is 0 Å². The summed E-state index contributed by atoms with van der Waals surface area (Å²) in [5.41, 5.74) is 5.37. The quantitative estimate of drug-likeness (QED) is 0.243. The molecule has 0 bridgehead atoms. The van der Waals surface area contributed by atoms with Crippen LogP contribution in [0.4, 0.5) is 11.4 Å². The average molecular weight is 479 g/mol. The van der Waals surface area contributed by atoms with E-state index in [0.717, 1.165) is 49.2 Å². The van der Waals surface area contributed by atoms with E-state index >= 15 is 0 Å². The van der Waals surface area contributed by atoms with Crippen LogP contribution in [-0.4, -0.2) is 11.9 Å². The molecule has 0 radical (unpaired) electrons. The molecule has 2 aromatic rings. The summed E-state index contributed by atoms with van der Waals surface area (Å²) in [7, 11) is 0. The molecular weight excluding hydrogens is 447 g/mol. The molecule has 0 heterocycles. The molecule has 0 N–H and O–H groups in total. The third kappa shape index (κ3) is 9.79. The molecular formula is C26H32N2Pd. The molecule has 0 spiro atoms. The van der Waals surface area contributed by atoms with Gasteiger partial charge in [0.25, 0.3) is 0 Å². The number of hydrogen-bond acceptors (Lipinski definition) is 2. The fourth-order valence-corrected chi connectivity index (χ4v) is 2.66. The van der Waals surface area contributed by atoms with E-state index in [1.165, 1.54) is 11.1 Å². The first-order valence-electron chi connectivity index (χ1n) is 10.4. The van der Waals surface area contributed by atoms with Crippen molar-refractivity contribution >= 4 is 35.5 Å². The summed E-state index contributed by atoms with van der Waals surface area (Å²) in [6.07, 6.45) is 15.8. The maximum Gasteiger partial charge on any atom is 0.0634 e. The summed E-state index contributed by atoms with van der Waals surface area (Å²) in [6.45, 7) is 6.48. The molecule has 0 aliphatic heterocycles. The van der Waals surface area contributed by atoms with Crippen LogP contribution in [0.2, 0.25) is 0 Å². The van der Waals surface area contributed by atoms with E-state index < -0.39 is 0 Å². The van der Waals surface area contributed by atoms with Gasteiger partial charge in [-0.2, -0.15) is 0 Å². The first-order valence-corrected chi connectivity index (χ1v) is 10.4. The van der Waals surface area contributed by atoms with Crippen molar-refractivity contribution in [3.05, 3.63) is 71.8 Å². The minimum atomic E-state index is 0. The Morgan fingerprint density at radius 3 is 1.76 bits per heavy atom. The van der Waals surface area contributed by atoms with Crippen molar-refractivity contribution in [1.82, 2.24) is 0 Å². The molecule has 2 aromatic carbocycles. The zero-order valence-electron chi connectivity index (χ0n) is 17.8. The second-order valence-electron chi connectivity index (χ2n) is 6.77. The van der Waals surface area contributed by atoms with Gasteiger partial charge >= 0.3 is 0 Å². The number of aliphatic imine (C=N–C) groups is 2. The van der Waals surface area contributed by atoms with Gasteiger partial charge in [-0.25, -0.2) is 0 Å². The first kappa shape index (κ1) is 25.0. The first-order chi connectivity index (χ1) is 13.7. The fourth-order valence-electron chi connectivity index (χ4n) is 2.66. The van der Waals surface area contributed by atoms with Gasteiger partial charge in [0.2, 0.25) is 0 Å². The van der Waals surface area contributed by atoms with Crippen LogP contribution < -0.4 is 0 Å². The van der Waals surface area contributed by atoms with Crippen molar-refractivity contribution < 1.29 is 20.4 Å². The largest absolute Gasteiger partial charge is 0.255 e. The molecule has 0 aliphatic rings. The van der Waals surface area contributed by atoms with E-state index in [-0.39, 0.29) is 20.4 Å². The Balaban J connectivity index is 0.00000420. The van der Waals surface area contributed by atoms with E-state index in [1.807, 2.05) is 6.21 Å². The van der Waals surface area contributed by atoms with Crippen molar-refractivity contribution in [2.75, 3.05) is 0 Å². The Morgan fingerprint density at radius 1 is 0.759 bits per heavy atom. The van der Waals surface area contributed by atoms with Crippen molar-refractivity contribution in [2.45, 2.75) is 52.9 Å². The molecule has 0 saturated carbocycles. The van der Waals surface area contributed by atoms with Crippen molar-refractivity contribution in [3.8, 4) is 0 Å². The molecule has 2 rings (SSSR count). The van der Waals surface area contributed by atoms with Gasteiger partial charge in [-0.15, -0.1) is 0 Å². The summed E-state index contributed by atoms with van der Waals surface area (Å²) in [4.78, 5) is 9.47. The standard InChI is InChI=1S/C26H32N2.Pd/c1-4-7-10-22-13-17-24(18-14-22)27-21-26(12-9-6-3)28-25-19-15-23(16-20-25)11-8-5-2;/h7-8,10-11,13-21H,4-6,9,12H2,1-3H3;/b10-7+,11-8+,27-21?,28-26?;. The normalized spacial score (nSPS) is 12.2. The van der Waals surface area contributed by atoms with E-state index in [9.17, 15) is 0 Å². The number of unbranched alkanes of at least 4 members (excludes halogenated alkanes) is 1. The third-order valence-corrected chi connectivity index (χ3v) is 4.30. The summed E-state index contributed by atoms with van der Waals surface area (Å²) in [5.74, 6) is 0. The minimum absolute atomic E-state index is 0.